The number of nitrogen functional groups attached to an aromatic ring is 1. The quantitative estimate of drug-likeness (QED) is 0.830. The van der Waals surface area contributed by atoms with Gasteiger partial charge in [-0.3, -0.25) is 4.79 Å². The summed E-state index contributed by atoms with van der Waals surface area (Å²) in [5.74, 6) is 1.34. The SMILES string of the molecule is Nc1cccc2c1CCCN2CC(=O)Nc1ccc2c(c1)OCCCO2. The zero-order chi connectivity index (χ0) is 17.9. The fourth-order valence-corrected chi connectivity index (χ4v) is 3.51. The number of carbonyl (C=O) groups is 1. The van der Waals surface area contributed by atoms with Crippen LogP contribution in [0, 0.1) is 0 Å². The van der Waals surface area contributed by atoms with Gasteiger partial charge < -0.3 is 25.4 Å². The maximum atomic E-state index is 12.6. The van der Waals surface area contributed by atoms with E-state index in [2.05, 4.69) is 10.2 Å². The van der Waals surface area contributed by atoms with Crippen LogP contribution >= 0.6 is 0 Å². The van der Waals surface area contributed by atoms with Gasteiger partial charge in [-0.2, -0.15) is 0 Å². The molecule has 2 aliphatic rings. The summed E-state index contributed by atoms with van der Waals surface area (Å²) in [6.07, 6.45) is 2.81. The summed E-state index contributed by atoms with van der Waals surface area (Å²) in [7, 11) is 0. The molecule has 2 aromatic rings. The van der Waals surface area contributed by atoms with Gasteiger partial charge in [-0.15, -0.1) is 0 Å². The van der Waals surface area contributed by atoms with E-state index in [9.17, 15) is 4.79 Å². The number of amides is 1. The lowest BCUT2D eigenvalue weighted by atomic mass is 10.00. The molecule has 0 fully saturated rings. The first-order chi connectivity index (χ1) is 12.7. The number of hydrogen-bond donors (Lipinski definition) is 2. The minimum absolute atomic E-state index is 0.0604. The monoisotopic (exact) mass is 353 g/mol. The number of carbonyl (C=O) groups excluding carboxylic acids is 1. The van der Waals surface area contributed by atoms with Crippen molar-refractivity contribution in [3.8, 4) is 11.5 Å². The minimum atomic E-state index is -0.0604. The number of anilines is 3. The predicted molar refractivity (Wildman–Crippen MR) is 102 cm³/mol. The maximum absolute atomic E-state index is 12.6. The molecule has 1 amide bonds. The summed E-state index contributed by atoms with van der Waals surface area (Å²) >= 11 is 0. The summed E-state index contributed by atoms with van der Waals surface area (Å²) < 4.78 is 11.3. The fourth-order valence-electron chi connectivity index (χ4n) is 3.51. The van der Waals surface area contributed by atoms with Crippen LogP contribution in [0.25, 0.3) is 0 Å². The minimum Gasteiger partial charge on any atom is -0.490 e. The van der Waals surface area contributed by atoms with Gasteiger partial charge in [0.25, 0.3) is 0 Å². The largest absolute Gasteiger partial charge is 0.490 e. The second-order valence-corrected chi connectivity index (χ2v) is 6.63. The molecule has 0 atom stereocenters. The van der Waals surface area contributed by atoms with Crippen molar-refractivity contribution in [2.45, 2.75) is 19.3 Å². The van der Waals surface area contributed by atoms with Gasteiger partial charge in [0, 0.05) is 36.1 Å². The number of fused-ring (bicyclic) bond motifs is 2. The van der Waals surface area contributed by atoms with Crippen molar-refractivity contribution in [2.24, 2.45) is 0 Å². The van der Waals surface area contributed by atoms with Crippen LogP contribution in [0.15, 0.2) is 36.4 Å². The molecule has 2 aromatic carbocycles. The van der Waals surface area contributed by atoms with E-state index in [0.717, 1.165) is 48.5 Å². The maximum Gasteiger partial charge on any atom is 0.243 e. The van der Waals surface area contributed by atoms with E-state index in [1.165, 1.54) is 0 Å². The lowest BCUT2D eigenvalue weighted by molar-refractivity contribution is -0.115. The summed E-state index contributed by atoms with van der Waals surface area (Å²) in [6, 6.07) is 11.4. The average molecular weight is 353 g/mol. The van der Waals surface area contributed by atoms with Crippen LogP contribution in [-0.2, 0) is 11.2 Å². The van der Waals surface area contributed by atoms with E-state index in [1.807, 2.05) is 36.4 Å². The molecule has 4 rings (SSSR count). The Bertz CT molecular complexity index is 822. The Morgan fingerprint density at radius 3 is 2.85 bits per heavy atom. The lowest BCUT2D eigenvalue weighted by Crippen LogP contribution is -2.37. The number of hydrogen-bond acceptors (Lipinski definition) is 5. The Morgan fingerprint density at radius 1 is 1.12 bits per heavy atom. The Morgan fingerprint density at radius 2 is 1.96 bits per heavy atom. The highest BCUT2D eigenvalue weighted by Gasteiger charge is 2.21. The molecular weight excluding hydrogens is 330 g/mol. The van der Waals surface area contributed by atoms with Gasteiger partial charge in [-0.05, 0) is 42.7 Å². The zero-order valence-corrected chi connectivity index (χ0v) is 14.7. The van der Waals surface area contributed by atoms with Crippen molar-refractivity contribution in [3.63, 3.8) is 0 Å². The van der Waals surface area contributed by atoms with Crippen molar-refractivity contribution >= 4 is 23.0 Å². The zero-order valence-electron chi connectivity index (χ0n) is 14.7. The van der Waals surface area contributed by atoms with E-state index in [-0.39, 0.29) is 5.91 Å². The second kappa shape index (κ2) is 7.15. The van der Waals surface area contributed by atoms with Crippen LogP contribution in [0.3, 0.4) is 0 Å². The molecule has 2 heterocycles. The summed E-state index contributed by atoms with van der Waals surface area (Å²) in [6.45, 7) is 2.42. The fraction of sp³-hybridized carbons (Fsp3) is 0.350. The Balaban J connectivity index is 1.45. The van der Waals surface area contributed by atoms with Gasteiger partial charge in [0.1, 0.15) is 0 Å². The van der Waals surface area contributed by atoms with Crippen molar-refractivity contribution in [1.82, 2.24) is 0 Å². The first-order valence-electron chi connectivity index (χ1n) is 9.02. The number of nitrogens with one attached hydrogen (secondary N) is 1. The third-order valence-corrected chi connectivity index (χ3v) is 4.75. The number of rotatable bonds is 3. The first-order valence-corrected chi connectivity index (χ1v) is 9.02. The number of nitrogens with zero attached hydrogens (tertiary/aromatic N) is 1. The van der Waals surface area contributed by atoms with Crippen LogP contribution in [0.5, 0.6) is 11.5 Å². The van der Waals surface area contributed by atoms with Crippen LogP contribution < -0.4 is 25.4 Å². The van der Waals surface area contributed by atoms with E-state index >= 15 is 0 Å². The predicted octanol–water partition coefficient (Wildman–Crippen LogP) is 2.82. The summed E-state index contributed by atoms with van der Waals surface area (Å²) in [4.78, 5) is 14.6. The van der Waals surface area contributed by atoms with Crippen LogP contribution in [0.1, 0.15) is 18.4 Å². The Kier molecular flexibility index (Phi) is 4.56. The van der Waals surface area contributed by atoms with Crippen molar-refractivity contribution in [3.05, 3.63) is 42.0 Å². The van der Waals surface area contributed by atoms with Gasteiger partial charge in [0.05, 0.1) is 19.8 Å². The van der Waals surface area contributed by atoms with Crippen molar-refractivity contribution in [1.29, 1.82) is 0 Å². The first kappa shape index (κ1) is 16.6. The molecule has 0 saturated heterocycles. The molecule has 26 heavy (non-hydrogen) atoms. The molecule has 0 bridgehead atoms. The van der Waals surface area contributed by atoms with Crippen LogP contribution in [0.2, 0.25) is 0 Å². The molecule has 0 unspecified atom stereocenters. The highest BCUT2D eigenvalue weighted by atomic mass is 16.5. The van der Waals surface area contributed by atoms with Crippen molar-refractivity contribution < 1.29 is 14.3 Å². The second-order valence-electron chi connectivity index (χ2n) is 6.63. The smallest absolute Gasteiger partial charge is 0.243 e. The highest BCUT2D eigenvalue weighted by molar-refractivity contribution is 5.94. The van der Waals surface area contributed by atoms with Gasteiger partial charge in [0.15, 0.2) is 11.5 Å². The van der Waals surface area contributed by atoms with E-state index in [4.69, 9.17) is 15.2 Å². The molecule has 0 aromatic heterocycles. The molecular formula is C20H23N3O3. The van der Waals surface area contributed by atoms with E-state index in [0.29, 0.717) is 31.2 Å². The van der Waals surface area contributed by atoms with E-state index in [1.54, 1.807) is 0 Å². The van der Waals surface area contributed by atoms with Crippen LogP contribution in [-0.4, -0.2) is 32.2 Å². The van der Waals surface area contributed by atoms with Gasteiger partial charge in [-0.25, -0.2) is 0 Å². The molecule has 0 aliphatic carbocycles. The van der Waals surface area contributed by atoms with Crippen LogP contribution in [0.4, 0.5) is 17.1 Å². The lowest BCUT2D eigenvalue weighted by Gasteiger charge is -2.31. The molecule has 6 heteroatoms. The Hall–Kier alpha value is -2.89. The third-order valence-electron chi connectivity index (χ3n) is 4.75. The molecule has 2 aliphatic heterocycles. The topological polar surface area (TPSA) is 76.8 Å². The summed E-state index contributed by atoms with van der Waals surface area (Å²) in [5.41, 5.74) is 9.80. The Labute approximate surface area is 152 Å². The number of benzene rings is 2. The molecule has 136 valence electrons. The molecule has 0 spiro atoms. The van der Waals surface area contributed by atoms with Gasteiger partial charge in [-0.1, -0.05) is 6.07 Å². The highest BCUT2D eigenvalue weighted by Crippen LogP contribution is 2.33. The number of ether oxygens (including phenoxy) is 2. The average Bonchev–Trinajstić information content (AvgIpc) is 2.87. The molecule has 0 saturated carbocycles. The third kappa shape index (κ3) is 3.40. The number of nitrogens with two attached hydrogens (primary N) is 1. The normalized spacial score (nSPS) is 15.8. The molecule has 3 N–H and O–H groups in total. The van der Waals surface area contributed by atoms with Gasteiger partial charge in [0.2, 0.25) is 5.91 Å². The van der Waals surface area contributed by atoms with E-state index < -0.39 is 0 Å². The molecule has 6 nitrogen and oxygen atoms in total. The van der Waals surface area contributed by atoms with Gasteiger partial charge >= 0.3 is 0 Å². The standard InChI is InChI=1S/C20H23N3O3/c21-16-5-1-6-17-15(16)4-2-9-23(17)13-20(24)22-14-7-8-18-19(12-14)26-11-3-10-25-18/h1,5-8,12H,2-4,9-11,13,21H2,(H,22,24). The molecule has 0 radical (unpaired) electrons. The summed E-state index contributed by atoms with van der Waals surface area (Å²) in [5, 5.41) is 2.96. The van der Waals surface area contributed by atoms with Crippen molar-refractivity contribution in [2.75, 3.05) is 42.3 Å².